The molecule has 2 rings (SSSR count). The van der Waals surface area contributed by atoms with Crippen molar-refractivity contribution in [3.63, 3.8) is 0 Å². The quantitative estimate of drug-likeness (QED) is 0.529. The summed E-state index contributed by atoms with van der Waals surface area (Å²) in [5.41, 5.74) is -0.0563. The summed E-state index contributed by atoms with van der Waals surface area (Å²) in [5.74, 6) is 5.77. The van der Waals surface area contributed by atoms with Crippen LogP contribution in [0.15, 0.2) is 42.0 Å². The van der Waals surface area contributed by atoms with Crippen LogP contribution in [0.2, 0.25) is 10.0 Å². The number of benzene rings is 1. The van der Waals surface area contributed by atoms with Gasteiger partial charge in [-0.1, -0.05) is 29.3 Å². The fraction of sp³-hybridized carbons (Fsp3) is 0.0833. The van der Waals surface area contributed by atoms with Crippen LogP contribution >= 0.6 is 23.2 Å². The minimum Gasteiger partial charge on any atom is -0.275 e. The largest absolute Gasteiger partial charge is 0.356 e. The molecule has 0 aliphatic carbocycles. The Kier molecular flexibility index (Phi) is 4.39. The second kappa shape index (κ2) is 6.04. The van der Waals surface area contributed by atoms with E-state index in [0.717, 1.165) is 0 Å². The molecule has 0 unspecified atom stereocenters. The Morgan fingerprint density at radius 3 is 2.55 bits per heavy atom. The van der Waals surface area contributed by atoms with E-state index in [4.69, 9.17) is 29.0 Å². The fourth-order valence-electron chi connectivity index (χ4n) is 1.54. The molecule has 8 heteroatoms. The number of anilines is 1. The highest BCUT2D eigenvalue weighted by Crippen LogP contribution is 2.20. The van der Waals surface area contributed by atoms with Gasteiger partial charge in [0.1, 0.15) is 6.33 Å². The number of nitrogens with two attached hydrogens (primary N) is 1. The molecule has 0 bridgehead atoms. The van der Waals surface area contributed by atoms with Gasteiger partial charge in [-0.05, 0) is 18.2 Å². The zero-order valence-electron chi connectivity index (χ0n) is 10.3. The number of nitrogens with zero attached hydrogens (tertiary/aromatic N) is 4. The van der Waals surface area contributed by atoms with Gasteiger partial charge in [0.05, 0.1) is 12.2 Å². The summed E-state index contributed by atoms with van der Waals surface area (Å²) < 4.78 is 1.23. The van der Waals surface area contributed by atoms with Crippen LogP contribution in [0.1, 0.15) is 0 Å². The van der Waals surface area contributed by atoms with Crippen LogP contribution in [-0.2, 0) is 0 Å². The highest BCUT2D eigenvalue weighted by molar-refractivity contribution is 6.34. The highest BCUT2D eigenvalue weighted by atomic mass is 35.5. The maximum Gasteiger partial charge on any atom is 0.356 e. The molecule has 6 nitrogen and oxygen atoms in total. The first-order valence-corrected chi connectivity index (χ1v) is 6.32. The SMILES string of the molecule is C=CCN(N)c1ncn(-c2cc(Cl)cc(Cl)c2)c(=O)n1. The van der Waals surface area contributed by atoms with Crippen LogP contribution < -0.4 is 16.5 Å². The van der Waals surface area contributed by atoms with Crippen LogP contribution in [0.3, 0.4) is 0 Å². The molecule has 0 saturated heterocycles. The van der Waals surface area contributed by atoms with E-state index in [1.807, 2.05) is 0 Å². The zero-order chi connectivity index (χ0) is 14.7. The minimum absolute atomic E-state index is 0.110. The number of aromatic nitrogens is 3. The lowest BCUT2D eigenvalue weighted by Gasteiger charge is -2.14. The molecule has 20 heavy (non-hydrogen) atoms. The Hall–Kier alpha value is -1.89. The van der Waals surface area contributed by atoms with Gasteiger partial charge in [-0.25, -0.2) is 15.6 Å². The highest BCUT2D eigenvalue weighted by Gasteiger charge is 2.08. The third-order valence-corrected chi connectivity index (χ3v) is 2.84. The van der Waals surface area contributed by atoms with Crippen molar-refractivity contribution in [1.29, 1.82) is 0 Å². The number of halogens is 2. The van der Waals surface area contributed by atoms with Crippen molar-refractivity contribution >= 4 is 29.2 Å². The molecule has 0 spiro atoms. The van der Waals surface area contributed by atoms with Crippen LogP contribution in [0.4, 0.5) is 5.95 Å². The lowest BCUT2D eigenvalue weighted by molar-refractivity contribution is 0.799. The smallest absolute Gasteiger partial charge is 0.275 e. The summed E-state index contributed by atoms with van der Waals surface area (Å²) in [6, 6.07) is 4.74. The molecular formula is C12H11Cl2N5O. The topological polar surface area (TPSA) is 77.0 Å². The number of rotatable bonds is 4. The Labute approximate surface area is 125 Å². The third kappa shape index (κ3) is 3.16. The molecule has 0 amide bonds. The molecule has 0 fully saturated rings. The average molecular weight is 312 g/mol. The molecular weight excluding hydrogens is 301 g/mol. The normalized spacial score (nSPS) is 10.3. The average Bonchev–Trinajstić information content (AvgIpc) is 2.37. The van der Waals surface area contributed by atoms with E-state index in [1.54, 1.807) is 24.3 Å². The Bertz CT molecular complexity index is 680. The second-order valence-corrected chi connectivity index (χ2v) is 4.75. The van der Waals surface area contributed by atoms with Crippen LogP contribution in [0, 0.1) is 0 Å². The van der Waals surface area contributed by atoms with Crippen molar-refractivity contribution in [2.75, 3.05) is 11.6 Å². The lowest BCUT2D eigenvalue weighted by Crippen LogP contribution is -2.35. The summed E-state index contributed by atoms with van der Waals surface area (Å²) in [4.78, 5) is 19.8. The van der Waals surface area contributed by atoms with E-state index in [-0.39, 0.29) is 5.95 Å². The summed E-state index contributed by atoms with van der Waals surface area (Å²) >= 11 is 11.8. The van der Waals surface area contributed by atoms with Crippen molar-refractivity contribution in [3.05, 3.63) is 57.7 Å². The molecule has 0 aliphatic heterocycles. The van der Waals surface area contributed by atoms with E-state index in [2.05, 4.69) is 16.5 Å². The first-order valence-electron chi connectivity index (χ1n) is 5.56. The van der Waals surface area contributed by atoms with Crippen molar-refractivity contribution in [2.24, 2.45) is 5.84 Å². The maximum absolute atomic E-state index is 12.0. The van der Waals surface area contributed by atoms with Crippen LogP contribution in [-0.4, -0.2) is 21.1 Å². The van der Waals surface area contributed by atoms with Gasteiger partial charge in [0.2, 0.25) is 5.95 Å². The molecule has 0 aliphatic rings. The van der Waals surface area contributed by atoms with Crippen molar-refractivity contribution < 1.29 is 0 Å². The van der Waals surface area contributed by atoms with Crippen LogP contribution in [0.25, 0.3) is 5.69 Å². The van der Waals surface area contributed by atoms with Gasteiger partial charge in [0.25, 0.3) is 0 Å². The second-order valence-electron chi connectivity index (χ2n) is 3.88. The van der Waals surface area contributed by atoms with Crippen molar-refractivity contribution in [3.8, 4) is 5.69 Å². The summed E-state index contributed by atoms with van der Waals surface area (Å²) in [6.07, 6.45) is 2.89. The summed E-state index contributed by atoms with van der Waals surface area (Å²) in [6.45, 7) is 3.87. The van der Waals surface area contributed by atoms with Gasteiger partial charge in [0, 0.05) is 10.0 Å². The molecule has 1 aromatic carbocycles. The van der Waals surface area contributed by atoms with E-state index in [0.29, 0.717) is 22.3 Å². The fourth-order valence-corrected chi connectivity index (χ4v) is 2.06. The predicted molar refractivity (Wildman–Crippen MR) is 79.4 cm³/mol. The molecule has 2 N–H and O–H groups in total. The van der Waals surface area contributed by atoms with E-state index < -0.39 is 5.69 Å². The van der Waals surface area contributed by atoms with Gasteiger partial charge >= 0.3 is 5.69 Å². The Balaban J connectivity index is 2.44. The molecule has 0 atom stereocenters. The van der Waals surface area contributed by atoms with E-state index in [1.165, 1.54) is 15.9 Å². The third-order valence-electron chi connectivity index (χ3n) is 2.40. The zero-order valence-corrected chi connectivity index (χ0v) is 11.8. The molecule has 0 saturated carbocycles. The standard InChI is InChI=1S/C12H11Cl2N5O/c1-2-3-19(15)11-16-7-18(12(20)17-11)10-5-8(13)4-9(14)6-10/h2,4-7H,1,3,15H2. The van der Waals surface area contributed by atoms with Gasteiger partial charge < -0.3 is 0 Å². The summed E-state index contributed by atoms with van der Waals surface area (Å²) in [7, 11) is 0. The first-order chi connectivity index (χ1) is 9.51. The van der Waals surface area contributed by atoms with Crippen LogP contribution in [0.5, 0.6) is 0 Å². The molecule has 104 valence electrons. The molecule has 1 aromatic heterocycles. The van der Waals surface area contributed by atoms with E-state index in [9.17, 15) is 4.79 Å². The predicted octanol–water partition coefficient (Wildman–Crippen LogP) is 1.80. The van der Waals surface area contributed by atoms with Gasteiger partial charge in [0.15, 0.2) is 0 Å². The van der Waals surface area contributed by atoms with Gasteiger partial charge in [-0.15, -0.1) is 6.58 Å². The molecule has 0 radical (unpaired) electrons. The van der Waals surface area contributed by atoms with Crippen molar-refractivity contribution in [2.45, 2.75) is 0 Å². The summed E-state index contributed by atoms with van der Waals surface area (Å²) in [5, 5.41) is 2.04. The minimum atomic E-state index is -0.534. The monoisotopic (exact) mass is 311 g/mol. The van der Waals surface area contributed by atoms with Crippen molar-refractivity contribution in [1.82, 2.24) is 14.5 Å². The Morgan fingerprint density at radius 1 is 1.35 bits per heavy atom. The Morgan fingerprint density at radius 2 is 2.00 bits per heavy atom. The molecule has 2 aromatic rings. The number of hydrogen-bond donors (Lipinski definition) is 1. The lowest BCUT2D eigenvalue weighted by atomic mass is 10.3. The first kappa shape index (κ1) is 14.5. The van der Waals surface area contributed by atoms with E-state index >= 15 is 0 Å². The van der Waals surface area contributed by atoms with Gasteiger partial charge in [-0.2, -0.15) is 4.98 Å². The maximum atomic E-state index is 12.0. The number of hydrogen-bond acceptors (Lipinski definition) is 5. The number of hydrazine groups is 1. The van der Waals surface area contributed by atoms with Gasteiger partial charge in [-0.3, -0.25) is 9.58 Å². The molecule has 1 heterocycles.